The van der Waals surface area contributed by atoms with Gasteiger partial charge >= 0.3 is 0 Å². The van der Waals surface area contributed by atoms with Crippen LogP contribution >= 0.6 is 0 Å². The van der Waals surface area contributed by atoms with E-state index in [4.69, 9.17) is 4.74 Å². The van der Waals surface area contributed by atoms with Gasteiger partial charge in [-0.25, -0.2) is 0 Å². The van der Waals surface area contributed by atoms with Crippen LogP contribution in [0.25, 0.3) is 0 Å². The zero-order valence-corrected chi connectivity index (χ0v) is 11.3. The summed E-state index contributed by atoms with van der Waals surface area (Å²) < 4.78 is 5.05. The molecular weight excluding hydrogens is 224 g/mol. The van der Waals surface area contributed by atoms with Gasteiger partial charge in [-0.15, -0.1) is 0 Å². The average Bonchev–Trinajstić information content (AvgIpc) is 2.49. The molecule has 0 amide bonds. The van der Waals surface area contributed by atoms with Gasteiger partial charge in [0.15, 0.2) is 5.78 Å². The van der Waals surface area contributed by atoms with E-state index in [-0.39, 0.29) is 5.78 Å². The summed E-state index contributed by atoms with van der Waals surface area (Å²) in [6.07, 6.45) is 7.91. The molecule has 0 aromatic heterocycles. The molecule has 2 nitrogen and oxygen atoms in total. The van der Waals surface area contributed by atoms with Crippen molar-refractivity contribution in [3.63, 3.8) is 0 Å². The second-order valence-electron chi connectivity index (χ2n) is 3.70. The molecular formula is C16H20O2. The number of allylic oxidation sites excluding steroid dienone is 4. The number of benzene rings is 1. The van der Waals surface area contributed by atoms with Gasteiger partial charge in [0.05, 0.1) is 7.11 Å². The molecule has 0 atom stereocenters. The van der Waals surface area contributed by atoms with Crippen LogP contribution in [0.4, 0.5) is 0 Å². The summed E-state index contributed by atoms with van der Waals surface area (Å²) >= 11 is 0. The third-order valence-corrected chi connectivity index (χ3v) is 2.61. The number of hydrogen-bond donors (Lipinski definition) is 0. The molecule has 0 N–H and O–H groups in total. The Morgan fingerprint density at radius 3 is 2.28 bits per heavy atom. The monoisotopic (exact) mass is 244 g/mol. The highest BCUT2D eigenvalue weighted by atomic mass is 16.5. The van der Waals surface area contributed by atoms with Crippen LogP contribution in [0.3, 0.4) is 0 Å². The topological polar surface area (TPSA) is 26.3 Å². The molecule has 0 spiro atoms. The molecule has 0 heterocycles. The molecule has 2 rings (SSSR count). The average molecular weight is 244 g/mol. The van der Waals surface area contributed by atoms with Gasteiger partial charge in [0, 0.05) is 11.1 Å². The highest BCUT2D eigenvalue weighted by Gasteiger charge is 2.10. The van der Waals surface area contributed by atoms with Gasteiger partial charge in [0.25, 0.3) is 0 Å². The van der Waals surface area contributed by atoms with E-state index >= 15 is 0 Å². The fourth-order valence-electron chi connectivity index (χ4n) is 1.69. The Hall–Kier alpha value is -1.83. The maximum absolute atomic E-state index is 12.0. The van der Waals surface area contributed by atoms with Crippen LogP contribution in [-0.4, -0.2) is 12.9 Å². The molecule has 0 saturated carbocycles. The molecule has 1 aromatic rings. The van der Waals surface area contributed by atoms with Crippen molar-refractivity contribution in [1.29, 1.82) is 0 Å². The number of ketones is 1. The van der Waals surface area contributed by atoms with Crippen molar-refractivity contribution in [1.82, 2.24) is 0 Å². The first-order valence-corrected chi connectivity index (χ1v) is 6.37. The van der Waals surface area contributed by atoms with Crippen LogP contribution in [0.15, 0.2) is 48.1 Å². The maximum Gasteiger partial charge on any atom is 0.192 e. The number of Topliss-reactive ketones (excluding diaryl/α,β-unsaturated/α-hetero) is 1. The second kappa shape index (κ2) is 7.49. The number of hydrogen-bond acceptors (Lipinski definition) is 2. The summed E-state index contributed by atoms with van der Waals surface area (Å²) in [5, 5.41) is 0. The third kappa shape index (κ3) is 3.59. The summed E-state index contributed by atoms with van der Waals surface area (Å²) in [7, 11) is 1.61. The lowest BCUT2D eigenvalue weighted by Crippen LogP contribution is -2.03. The Morgan fingerprint density at radius 1 is 1.11 bits per heavy atom. The van der Waals surface area contributed by atoms with Crippen LogP contribution in [-0.2, 0) is 0 Å². The van der Waals surface area contributed by atoms with E-state index in [0.29, 0.717) is 5.56 Å². The number of ether oxygens (including phenoxy) is 1. The van der Waals surface area contributed by atoms with Crippen molar-refractivity contribution >= 4 is 5.78 Å². The van der Waals surface area contributed by atoms with Gasteiger partial charge in [-0.05, 0) is 37.1 Å². The Labute approximate surface area is 109 Å². The highest BCUT2D eigenvalue weighted by molar-refractivity contribution is 6.10. The van der Waals surface area contributed by atoms with E-state index in [1.165, 1.54) is 0 Å². The number of carbonyl (C=O) groups is 1. The lowest BCUT2D eigenvalue weighted by atomic mass is 9.98. The van der Waals surface area contributed by atoms with Gasteiger partial charge in [-0.1, -0.05) is 32.1 Å². The molecule has 1 aromatic carbocycles. The van der Waals surface area contributed by atoms with Crippen molar-refractivity contribution in [2.24, 2.45) is 0 Å². The molecule has 0 fully saturated rings. The molecule has 1 aliphatic rings. The number of methoxy groups -OCH3 is 1. The van der Waals surface area contributed by atoms with Crippen LogP contribution in [0.2, 0.25) is 0 Å². The van der Waals surface area contributed by atoms with Gasteiger partial charge in [0.1, 0.15) is 5.75 Å². The molecule has 2 heteroatoms. The van der Waals surface area contributed by atoms with E-state index in [2.05, 4.69) is 0 Å². The molecule has 18 heavy (non-hydrogen) atoms. The standard InChI is InChI=1S/C14H14O2.C2H6/c1-16-13-9-7-12(8-10-13)14(15)11-5-3-2-4-6-11;1-2/h3,5-10H,2,4H2,1H3;1-2H3. The summed E-state index contributed by atoms with van der Waals surface area (Å²) in [6, 6.07) is 7.20. The first kappa shape index (κ1) is 14.2. The first-order valence-electron chi connectivity index (χ1n) is 6.37. The number of carbonyl (C=O) groups excluding carboxylic acids is 1. The van der Waals surface area contributed by atoms with Gasteiger partial charge in [-0.3, -0.25) is 4.79 Å². The van der Waals surface area contributed by atoms with Crippen LogP contribution in [0.1, 0.15) is 37.0 Å². The normalized spacial score (nSPS) is 13.2. The zero-order valence-electron chi connectivity index (χ0n) is 11.3. The van der Waals surface area contributed by atoms with Crippen molar-refractivity contribution in [2.75, 3.05) is 7.11 Å². The maximum atomic E-state index is 12.0. The summed E-state index contributed by atoms with van der Waals surface area (Å²) in [4.78, 5) is 12.0. The van der Waals surface area contributed by atoms with E-state index in [1.54, 1.807) is 31.4 Å². The Morgan fingerprint density at radius 2 is 1.78 bits per heavy atom. The lowest BCUT2D eigenvalue weighted by Gasteiger charge is -2.06. The minimum Gasteiger partial charge on any atom is -0.497 e. The molecule has 0 unspecified atom stereocenters. The van der Waals surface area contributed by atoms with E-state index in [0.717, 1.165) is 24.2 Å². The Balaban J connectivity index is 0.000000771. The number of rotatable bonds is 3. The Kier molecular flexibility index (Phi) is 5.92. The zero-order chi connectivity index (χ0) is 13.4. The SMILES string of the molecule is CC.COc1ccc(C(=O)C2=CCCC=C2)cc1. The predicted octanol–water partition coefficient (Wildman–Crippen LogP) is 4.18. The molecule has 0 radical (unpaired) electrons. The van der Waals surface area contributed by atoms with Crippen LogP contribution < -0.4 is 4.74 Å². The van der Waals surface area contributed by atoms with Crippen molar-refractivity contribution in [2.45, 2.75) is 26.7 Å². The van der Waals surface area contributed by atoms with Crippen molar-refractivity contribution in [3.05, 3.63) is 53.6 Å². The summed E-state index contributed by atoms with van der Waals surface area (Å²) in [5.74, 6) is 0.850. The first-order chi connectivity index (χ1) is 8.81. The molecule has 0 bridgehead atoms. The van der Waals surface area contributed by atoms with E-state index in [1.807, 2.05) is 32.1 Å². The third-order valence-electron chi connectivity index (χ3n) is 2.61. The van der Waals surface area contributed by atoms with Crippen molar-refractivity contribution in [3.8, 4) is 5.75 Å². The second-order valence-corrected chi connectivity index (χ2v) is 3.70. The fourth-order valence-corrected chi connectivity index (χ4v) is 1.69. The largest absolute Gasteiger partial charge is 0.497 e. The minimum atomic E-state index is 0.0820. The highest BCUT2D eigenvalue weighted by Crippen LogP contribution is 2.18. The van der Waals surface area contributed by atoms with Crippen molar-refractivity contribution < 1.29 is 9.53 Å². The van der Waals surface area contributed by atoms with Gasteiger partial charge in [-0.2, -0.15) is 0 Å². The van der Waals surface area contributed by atoms with Crippen LogP contribution in [0, 0.1) is 0 Å². The van der Waals surface area contributed by atoms with Gasteiger partial charge in [0.2, 0.25) is 0 Å². The predicted molar refractivity (Wildman–Crippen MR) is 75.1 cm³/mol. The van der Waals surface area contributed by atoms with E-state index in [9.17, 15) is 4.79 Å². The molecule has 0 aliphatic heterocycles. The fraction of sp³-hybridized carbons (Fsp3) is 0.312. The minimum absolute atomic E-state index is 0.0820. The molecule has 0 saturated heterocycles. The quantitative estimate of drug-likeness (QED) is 0.745. The van der Waals surface area contributed by atoms with E-state index < -0.39 is 0 Å². The van der Waals surface area contributed by atoms with Crippen LogP contribution in [0.5, 0.6) is 5.75 Å². The molecule has 96 valence electrons. The Bertz CT molecular complexity index is 439. The molecule has 1 aliphatic carbocycles. The van der Waals surface area contributed by atoms with Gasteiger partial charge < -0.3 is 4.74 Å². The smallest absolute Gasteiger partial charge is 0.192 e. The lowest BCUT2D eigenvalue weighted by molar-refractivity contribution is 0.103. The summed E-state index contributed by atoms with van der Waals surface area (Å²) in [5.41, 5.74) is 1.50. The summed E-state index contributed by atoms with van der Waals surface area (Å²) in [6.45, 7) is 4.00.